The molecule has 0 spiro atoms. The maximum atomic E-state index is 5.52. The van der Waals surface area contributed by atoms with E-state index in [9.17, 15) is 0 Å². The van der Waals surface area contributed by atoms with Crippen molar-refractivity contribution in [2.45, 2.75) is 20.4 Å². The van der Waals surface area contributed by atoms with E-state index in [1.165, 1.54) is 0 Å². The molecule has 2 heterocycles. The van der Waals surface area contributed by atoms with Gasteiger partial charge in [0.2, 0.25) is 0 Å². The zero-order chi connectivity index (χ0) is 10.8. The van der Waals surface area contributed by atoms with Crippen molar-refractivity contribution < 1.29 is 0 Å². The maximum absolute atomic E-state index is 5.52. The smallest absolute Gasteiger partial charge is 0.123 e. The van der Waals surface area contributed by atoms with Crippen LogP contribution in [0.2, 0.25) is 0 Å². The molecule has 2 aromatic heterocycles. The Labute approximate surface area is 88.8 Å². The molecule has 15 heavy (non-hydrogen) atoms. The standard InChI is InChI=1S/C11H14N4/c1-8-5-9(2)15(14-8)7-10-3-4-11(12)13-6-10/h3-6H,7H2,1-2H3,(H2,12,13). The van der Waals surface area contributed by atoms with E-state index in [1.807, 2.05) is 24.6 Å². The van der Waals surface area contributed by atoms with Gasteiger partial charge in [0.1, 0.15) is 5.82 Å². The minimum Gasteiger partial charge on any atom is -0.384 e. The van der Waals surface area contributed by atoms with E-state index in [2.05, 4.69) is 16.1 Å². The monoisotopic (exact) mass is 202 g/mol. The van der Waals surface area contributed by atoms with Gasteiger partial charge in [0.05, 0.1) is 12.2 Å². The minimum absolute atomic E-state index is 0.548. The van der Waals surface area contributed by atoms with Crippen molar-refractivity contribution >= 4 is 5.82 Å². The van der Waals surface area contributed by atoms with E-state index < -0.39 is 0 Å². The van der Waals surface area contributed by atoms with E-state index in [-0.39, 0.29) is 0 Å². The summed E-state index contributed by atoms with van der Waals surface area (Å²) >= 11 is 0. The zero-order valence-corrected chi connectivity index (χ0v) is 8.94. The minimum atomic E-state index is 0.548. The first kappa shape index (κ1) is 9.71. The van der Waals surface area contributed by atoms with Gasteiger partial charge in [-0.1, -0.05) is 6.07 Å². The molecule has 0 aliphatic carbocycles. The van der Waals surface area contributed by atoms with Crippen LogP contribution in [0, 0.1) is 13.8 Å². The Morgan fingerprint density at radius 1 is 1.33 bits per heavy atom. The molecule has 2 N–H and O–H groups in total. The van der Waals surface area contributed by atoms with Crippen molar-refractivity contribution in [1.29, 1.82) is 0 Å². The number of nitrogens with two attached hydrogens (primary N) is 1. The Bertz CT molecular complexity index is 456. The molecule has 0 unspecified atom stereocenters. The van der Waals surface area contributed by atoms with Crippen molar-refractivity contribution in [1.82, 2.24) is 14.8 Å². The molecule has 0 aliphatic rings. The highest BCUT2D eigenvalue weighted by molar-refractivity contribution is 5.29. The lowest BCUT2D eigenvalue weighted by Crippen LogP contribution is -2.04. The van der Waals surface area contributed by atoms with Crippen LogP contribution in [-0.4, -0.2) is 14.8 Å². The average Bonchev–Trinajstić information content (AvgIpc) is 2.49. The molecule has 0 fully saturated rings. The summed E-state index contributed by atoms with van der Waals surface area (Å²) in [5, 5.41) is 4.39. The Morgan fingerprint density at radius 3 is 2.67 bits per heavy atom. The summed E-state index contributed by atoms with van der Waals surface area (Å²) in [5.41, 5.74) is 8.82. The topological polar surface area (TPSA) is 56.7 Å². The van der Waals surface area contributed by atoms with Gasteiger partial charge in [0, 0.05) is 11.9 Å². The fourth-order valence-electron chi connectivity index (χ4n) is 1.54. The molecule has 2 rings (SSSR count). The lowest BCUT2D eigenvalue weighted by molar-refractivity contribution is 0.657. The van der Waals surface area contributed by atoms with Gasteiger partial charge in [-0.2, -0.15) is 5.10 Å². The highest BCUT2D eigenvalue weighted by Gasteiger charge is 2.01. The van der Waals surface area contributed by atoms with Crippen LogP contribution >= 0.6 is 0 Å². The number of pyridine rings is 1. The molecule has 0 amide bonds. The molecule has 0 bridgehead atoms. The van der Waals surface area contributed by atoms with Crippen LogP contribution in [0.4, 0.5) is 5.82 Å². The van der Waals surface area contributed by atoms with Crippen LogP contribution < -0.4 is 5.73 Å². The predicted molar refractivity (Wildman–Crippen MR) is 59.5 cm³/mol. The van der Waals surface area contributed by atoms with Crippen LogP contribution in [0.1, 0.15) is 17.0 Å². The van der Waals surface area contributed by atoms with Crippen LogP contribution in [0.3, 0.4) is 0 Å². The highest BCUT2D eigenvalue weighted by atomic mass is 15.3. The summed E-state index contributed by atoms with van der Waals surface area (Å²) in [6, 6.07) is 5.84. The van der Waals surface area contributed by atoms with Crippen LogP contribution in [-0.2, 0) is 6.54 Å². The first-order valence-corrected chi connectivity index (χ1v) is 4.86. The van der Waals surface area contributed by atoms with Crippen molar-refractivity contribution in [3.63, 3.8) is 0 Å². The zero-order valence-electron chi connectivity index (χ0n) is 8.94. The number of nitrogen functional groups attached to an aromatic ring is 1. The van der Waals surface area contributed by atoms with Gasteiger partial charge >= 0.3 is 0 Å². The van der Waals surface area contributed by atoms with Crippen LogP contribution in [0.5, 0.6) is 0 Å². The highest BCUT2D eigenvalue weighted by Crippen LogP contribution is 2.07. The van der Waals surface area contributed by atoms with Gasteiger partial charge < -0.3 is 5.73 Å². The third-order valence-corrected chi connectivity index (χ3v) is 2.28. The van der Waals surface area contributed by atoms with Crippen molar-refractivity contribution in [2.75, 3.05) is 5.73 Å². The number of nitrogens with zero attached hydrogens (tertiary/aromatic N) is 3. The molecule has 0 saturated carbocycles. The van der Waals surface area contributed by atoms with Gasteiger partial charge in [-0.05, 0) is 31.5 Å². The number of rotatable bonds is 2. The molecule has 4 nitrogen and oxygen atoms in total. The molecule has 0 aliphatic heterocycles. The van der Waals surface area contributed by atoms with Gasteiger partial charge in [-0.15, -0.1) is 0 Å². The first-order valence-electron chi connectivity index (χ1n) is 4.86. The third kappa shape index (κ3) is 2.15. The fourth-order valence-corrected chi connectivity index (χ4v) is 1.54. The van der Waals surface area contributed by atoms with Gasteiger partial charge in [-0.3, -0.25) is 4.68 Å². The van der Waals surface area contributed by atoms with Gasteiger partial charge in [-0.25, -0.2) is 4.98 Å². The summed E-state index contributed by atoms with van der Waals surface area (Å²) in [6.45, 7) is 4.78. The average molecular weight is 202 g/mol. The normalized spacial score (nSPS) is 10.5. The molecular weight excluding hydrogens is 188 g/mol. The Morgan fingerprint density at radius 2 is 2.13 bits per heavy atom. The van der Waals surface area contributed by atoms with Crippen molar-refractivity contribution in [2.24, 2.45) is 0 Å². The summed E-state index contributed by atoms with van der Waals surface area (Å²) in [6.07, 6.45) is 1.78. The fraction of sp³-hybridized carbons (Fsp3) is 0.273. The Balaban J connectivity index is 2.21. The Hall–Kier alpha value is -1.84. The van der Waals surface area contributed by atoms with E-state index in [0.29, 0.717) is 5.82 Å². The first-order chi connectivity index (χ1) is 7.15. The molecule has 2 aromatic rings. The number of aromatic nitrogens is 3. The summed E-state index contributed by atoms with van der Waals surface area (Å²) in [7, 11) is 0. The molecule has 0 atom stereocenters. The second-order valence-corrected chi connectivity index (χ2v) is 3.68. The van der Waals surface area contributed by atoms with Crippen LogP contribution in [0.25, 0.3) is 0 Å². The number of hydrogen-bond donors (Lipinski definition) is 1. The summed E-state index contributed by atoms with van der Waals surface area (Å²) in [4.78, 5) is 4.05. The number of anilines is 1. The van der Waals surface area contributed by atoms with E-state index >= 15 is 0 Å². The maximum Gasteiger partial charge on any atom is 0.123 e. The van der Waals surface area contributed by atoms with Crippen LogP contribution in [0.15, 0.2) is 24.4 Å². The summed E-state index contributed by atoms with van der Waals surface area (Å²) < 4.78 is 1.96. The molecule has 0 aromatic carbocycles. The van der Waals surface area contributed by atoms with E-state index in [1.54, 1.807) is 12.3 Å². The number of aryl methyl sites for hydroxylation is 2. The second-order valence-electron chi connectivity index (χ2n) is 3.68. The molecule has 4 heteroatoms. The van der Waals surface area contributed by atoms with Crippen molar-refractivity contribution in [3.8, 4) is 0 Å². The molecule has 0 radical (unpaired) electrons. The lowest BCUT2D eigenvalue weighted by atomic mass is 10.3. The quantitative estimate of drug-likeness (QED) is 0.803. The largest absolute Gasteiger partial charge is 0.384 e. The van der Waals surface area contributed by atoms with Gasteiger partial charge in [0.25, 0.3) is 0 Å². The molecular formula is C11H14N4. The van der Waals surface area contributed by atoms with E-state index in [4.69, 9.17) is 5.73 Å². The summed E-state index contributed by atoms with van der Waals surface area (Å²) in [5.74, 6) is 0.548. The Kier molecular flexibility index (Phi) is 2.41. The van der Waals surface area contributed by atoms with Gasteiger partial charge in [0.15, 0.2) is 0 Å². The van der Waals surface area contributed by atoms with Crippen molar-refractivity contribution in [3.05, 3.63) is 41.3 Å². The molecule has 78 valence electrons. The number of hydrogen-bond acceptors (Lipinski definition) is 3. The SMILES string of the molecule is Cc1cc(C)n(Cc2ccc(N)nc2)n1. The third-order valence-electron chi connectivity index (χ3n) is 2.28. The van der Waals surface area contributed by atoms with E-state index in [0.717, 1.165) is 23.5 Å². The molecule has 0 saturated heterocycles. The second kappa shape index (κ2) is 3.73. The lowest BCUT2D eigenvalue weighted by Gasteiger charge is -2.04. The predicted octanol–water partition coefficient (Wildman–Crippen LogP) is 1.53.